The quantitative estimate of drug-likeness (QED) is 0.0411. The third kappa shape index (κ3) is 13.1. The number of halogens is 1. The lowest BCUT2D eigenvalue weighted by Gasteiger charge is -2.20. The second-order valence-electron chi connectivity index (χ2n) is 17.6. The third-order valence-corrected chi connectivity index (χ3v) is 9.80. The Morgan fingerprint density at radius 2 is 1.00 bits per heavy atom. The zero-order valence-corrected chi connectivity index (χ0v) is 41.2. The summed E-state index contributed by atoms with van der Waals surface area (Å²) in [6.07, 6.45) is 2.21. The largest absolute Gasteiger partial charge is 0.444 e. The van der Waals surface area contributed by atoms with Crippen LogP contribution in [-0.2, 0) is 9.47 Å². The summed E-state index contributed by atoms with van der Waals surface area (Å²) in [4.78, 5) is 55.3. The van der Waals surface area contributed by atoms with Crippen molar-refractivity contribution in [1.29, 1.82) is 0 Å². The molecule has 6 aromatic heterocycles. The fourth-order valence-electron chi connectivity index (χ4n) is 6.88. The van der Waals surface area contributed by atoms with E-state index in [0.29, 0.717) is 57.1 Å². The van der Waals surface area contributed by atoms with E-state index in [-0.39, 0.29) is 18.2 Å². The van der Waals surface area contributed by atoms with Crippen LogP contribution in [0.5, 0.6) is 0 Å². The number of pyridine rings is 4. The molecule has 0 spiro atoms. The molecular weight excluding hydrogens is 916 g/mol. The van der Waals surface area contributed by atoms with Crippen LogP contribution in [-0.4, -0.2) is 84.8 Å². The molecule has 0 unspecified atom stereocenters. The topological polar surface area (TPSA) is 260 Å². The molecule has 0 saturated heterocycles. The first-order valence-electron chi connectivity index (χ1n) is 21.6. The van der Waals surface area contributed by atoms with E-state index >= 15 is 0 Å². The van der Waals surface area contributed by atoms with Gasteiger partial charge in [0.25, 0.3) is 0 Å². The molecule has 0 aliphatic rings. The van der Waals surface area contributed by atoms with Crippen molar-refractivity contribution in [3.63, 3.8) is 0 Å². The smallest absolute Gasteiger partial charge is 0.412 e. The molecule has 0 radical (unpaired) electrons. The lowest BCUT2D eigenvalue weighted by molar-refractivity contribution is 0.0625. The number of hydrogen-bond acceptors (Lipinski definition) is 15. The minimum atomic E-state index is -0.645. The number of nitrogens with zero attached hydrogens (tertiary/aromatic N) is 9. The first kappa shape index (κ1) is 52.8. The van der Waals surface area contributed by atoms with Crippen LogP contribution in [0.4, 0.5) is 21.0 Å². The highest BCUT2D eigenvalue weighted by molar-refractivity contribution is 6.03. The van der Waals surface area contributed by atoms with Gasteiger partial charge in [-0.3, -0.25) is 15.4 Å². The van der Waals surface area contributed by atoms with Crippen LogP contribution in [0.1, 0.15) is 83.0 Å². The number of amides is 2. The van der Waals surface area contributed by atoms with Crippen molar-refractivity contribution in [1.82, 2.24) is 39.5 Å². The van der Waals surface area contributed by atoms with Crippen LogP contribution < -0.4 is 16.5 Å². The number of fused-ring (bicyclic) bond motifs is 2. The Balaban J connectivity index is 0.000000249. The molecule has 364 valence electrons. The predicted molar refractivity (Wildman–Crippen MR) is 271 cm³/mol. The molecule has 0 bridgehead atoms. The van der Waals surface area contributed by atoms with Crippen molar-refractivity contribution in [2.45, 2.75) is 80.4 Å². The van der Waals surface area contributed by atoms with Crippen LogP contribution in [0.15, 0.2) is 115 Å². The van der Waals surface area contributed by atoms with Gasteiger partial charge in [0.1, 0.15) is 22.6 Å². The molecule has 70 heavy (non-hydrogen) atoms. The molecule has 0 saturated carbocycles. The number of Topliss-reactive ketones (excluding diaryl/α,β-unsaturated/α-hetero) is 1. The Labute approximate surface area is 410 Å². The van der Waals surface area contributed by atoms with Crippen molar-refractivity contribution >= 4 is 69.3 Å². The van der Waals surface area contributed by atoms with E-state index in [0.717, 1.165) is 38.8 Å². The molecule has 0 aliphatic carbocycles. The van der Waals surface area contributed by atoms with Gasteiger partial charge in [0, 0.05) is 40.2 Å². The number of aryl methyl sites for hydroxylation is 2. The van der Waals surface area contributed by atoms with Gasteiger partial charge in [0.05, 0.1) is 51.9 Å². The summed E-state index contributed by atoms with van der Waals surface area (Å²) in [5.41, 5.74) is 6.92. The van der Waals surface area contributed by atoms with Gasteiger partial charge < -0.3 is 19.9 Å². The Kier molecular flexibility index (Phi) is 16.8. The van der Waals surface area contributed by atoms with Crippen LogP contribution >= 0.6 is 12.4 Å². The molecule has 0 aliphatic heterocycles. The minimum absolute atomic E-state index is 0. The summed E-state index contributed by atoms with van der Waals surface area (Å²) in [6, 6.07) is 29.6. The lowest BCUT2D eigenvalue weighted by atomic mass is 10.1. The zero-order chi connectivity index (χ0) is 50.2. The van der Waals surface area contributed by atoms with Crippen LogP contribution in [0.2, 0.25) is 0 Å². The molecule has 6 heterocycles. The molecule has 0 fully saturated rings. The normalized spacial score (nSPS) is 11.3. The second kappa shape index (κ2) is 22.3. The van der Waals surface area contributed by atoms with Crippen molar-refractivity contribution < 1.29 is 34.3 Å². The number of anilines is 2. The number of nitrogens with one attached hydrogen (secondary N) is 2. The fraction of sp³-hybridized carbons (Fsp3) is 0.240. The SMILES string of the molecule is C/C(=N/O)c1cccc(-c2cc(NC(=O)OC(C)(C)C)c3cnn(-c4cccc(C)n4)c3c2)n1.CC(=O)c1cccc(-c2cc(NC(=O)OC(C)(C)C)c3cnn(-c4cccc(C)n4)c3c2)n1.Cl.NO. The van der Waals surface area contributed by atoms with Gasteiger partial charge in [-0.1, -0.05) is 29.4 Å². The van der Waals surface area contributed by atoms with Gasteiger partial charge >= 0.3 is 12.2 Å². The second-order valence-corrected chi connectivity index (χ2v) is 17.6. The monoisotopic (exact) mass is 970 g/mol. The van der Waals surface area contributed by atoms with Gasteiger partial charge in [-0.2, -0.15) is 10.2 Å². The van der Waals surface area contributed by atoms with Gasteiger partial charge in [0.2, 0.25) is 0 Å². The first-order chi connectivity index (χ1) is 32.7. The van der Waals surface area contributed by atoms with Crippen molar-refractivity contribution in [2.75, 3.05) is 10.6 Å². The number of ketones is 1. The van der Waals surface area contributed by atoms with Gasteiger partial charge in [-0.25, -0.2) is 44.8 Å². The molecule has 20 heteroatoms. The highest BCUT2D eigenvalue weighted by atomic mass is 35.5. The van der Waals surface area contributed by atoms with E-state index in [4.69, 9.17) is 19.9 Å². The van der Waals surface area contributed by atoms with Gasteiger partial charge in [-0.05, 0) is 135 Å². The summed E-state index contributed by atoms with van der Waals surface area (Å²) in [5, 5.41) is 35.1. The molecule has 2 aromatic carbocycles. The molecule has 6 N–H and O–H groups in total. The number of nitrogens with two attached hydrogens (primary N) is 1. The standard InChI is InChI=1S/C25H26N6O3.C25H25N5O3.ClH.H3NO/c1-15-8-6-11-23(27-15)31-22-13-17(20-10-7-9-19(28-20)16(2)30-33)12-21(18(22)14-26-31)29-24(32)34-25(3,4)5;1-15-8-6-11-23(27-15)30-22-13-17(20-10-7-9-19(28-20)16(2)31)12-21(18(22)14-26-30)29-24(32)33-25(3,4)5;;1-2/h6-14,33H,1-5H3,(H,29,32);6-14H,1-5H3,(H,29,32);1H;2H,1H2/b30-16-;;;. The summed E-state index contributed by atoms with van der Waals surface area (Å²) in [5.74, 6) is 4.68. The van der Waals surface area contributed by atoms with Crippen molar-refractivity contribution in [2.24, 2.45) is 11.1 Å². The van der Waals surface area contributed by atoms with E-state index in [1.54, 1.807) is 94.5 Å². The minimum Gasteiger partial charge on any atom is -0.444 e. The van der Waals surface area contributed by atoms with Crippen LogP contribution in [0.3, 0.4) is 0 Å². The highest BCUT2D eigenvalue weighted by Crippen LogP contribution is 2.34. The third-order valence-electron chi connectivity index (χ3n) is 9.80. The average Bonchev–Trinajstić information content (AvgIpc) is 3.94. The van der Waals surface area contributed by atoms with Gasteiger partial charge in [0.15, 0.2) is 17.4 Å². The molecule has 8 aromatic rings. The molecule has 0 atom stereocenters. The molecule has 19 nitrogen and oxygen atoms in total. The summed E-state index contributed by atoms with van der Waals surface area (Å²) >= 11 is 0. The number of carbonyl (C=O) groups is 3. The van der Waals surface area contributed by atoms with E-state index in [1.165, 1.54) is 6.92 Å². The molecule has 2 amide bonds. The summed E-state index contributed by atoms with van der Waals surface area (Å²) in [7, 11) is 0. The summed E-state index contributed by atoms with van der Waals surface area (Å²) < 4.78 is 14.3. The van der Waals surface area contributed by atoms with E-state index in [9.17, 15) is 14.4 Å². The molecule has 8 rings (SSSR count). The van der Waals surface area contributed by atoms with Crippen molar-refractivity contribution in [3.8, 4) is 34.2 Å². The highest BCUT2D eigenvalue weighted by Gasteiger charge is 2.22. The Morgan fingerprint density at radius 1 is 0.600 bits per heavy atom. The van der Waals surface area contributed by atoms with Crippen molar-refractivity contribution in [3.05, 3.63) is 132 Å². The maximum Gasteiger partial charge on any atom is 0.412 e. The molecular formula is C50H55ClN12O7. The number of aromatic nitrogens is 8. The predicted octanol–water partition coefficient (Wildman–Crippen LogP) is 10.4. The van der Waals surface area contributed by atoms with Gasteiger partial charge in [-0.15, -0.1) is 12.4 Å². The Hall–Kier alpha value is -8.13. The maximum absolute atomic E-state index is 12.6. The number of oxime groups is 1. The van der Waals surface area contributed by atoms with E-state index in [2.05, 4.69) is 51.8 Å². The Bertz CT molecular complexity index is 3210. The maximum atomic E-state index is 12.6. The number of hydrogen-bond donors (Lipinski definition) is 5. The number of rotatable bonds is 8. The van der Waals surface area contributed by atoms with Crippen LogP contribution in [0, 0.1) is 13.8 Å². The van der Waals surface area contributed by atoms with Crippen LogP contribution in [0.25, 0.3) is 56.0 Å². The summed E-state index contributed by atoms with van der Waals surface area (Å²) in [6.45, 7) is 17.8. The van der Waals surface area contributed by atoms with E-state index in [1.807, 2.05) is 86.6 Å². The zero-order valence-electron chi connectivity index (χ0n) is 40.3. The number of carbonyl (C=O) groups excluding carboxylic acids is 3. The average molecular weight is 972 g/mol. The lowest BCUT2D eigenvalue weighted by Crippen LogP contribution is -2.27. The first-order valence-corrected chi connectivity index (χ1v) is 21.6. The Morgan fingerprint density at radius 3 is 1.39 bits per heavy atom. The number of ether oxygens (including phenoxy) is 2. The fourth-order valence-corrected chi connectivity index (χ4v) is 6.88. The van der Waals surface area contributed by atoms with E-state index < -0.39 is 23.4 Å². The number of benzene rings is 2.